The van der Waals surface area contributed by atoms with Gasteiger partial charge in [-0.1, -0.05) is 35.9 Å². The number of aryl methyl sites for hydroxylation is 1. The third kappa shape index (κ3) is 2.55. The van der Waals surface area contributed by atoms with Crippen LogP contribution in [0.3, 0.4) is 0 Å². The Bertz CT molecular complexity index is 792. The monoisotopic (exact) mass is 299 g/mol. The number of halogens is 1. The van der Waals surface area contributed by atoms with Crippen LogP contribution < -0.4 is 5.73 Å². The van der Waals surface area contributed by atoms with Crippen molar-refractivity contribution in [2.45, 2.75) is 19.4 Å². The van der Waals surface area contributed by atoms with Crippen molar-refractivity contribution < 1.29 is 0 Å². The second kappa shape index (κ2) is 5.51. The van der Waals surface area contributed by atoms with Gasteiger partial charge in [0.2, 0.25) is 0 Å². The number of hydrogen-bond acceptors (Lipinski definition) is 2. The standard InChI is InChI=1S/C17H18ClN3/c1-11-12(6-5-7-13(11)18)14(19)10-17-20-15-8-3-4-9-16(15)21(17)2/h3-9,14H,10,19H2,1-2H3. The fourth-order valence-corrected chi connectivity index (χ4v) is 2.89. The average Bonchev–Trinajstić information content (AvgIpc) is 2.79. The molecule has 3 nitrogen and oxygen atoms in total. The summed E-state index contributed by atoms with van der Waals surface area (Å²) in [7, 11) is 2.03. The molecular formula is C17H18ClN3. The highest BCUT2D eigenvalue weighted by Gasteiger charge is 2.15. The Morgan fingerprint density at radius 2 is 1.95 bits per heavy atom. The lowest BCUT2D eigenvalue weighted by Gasteiger charge is -2.15. The van der Waals surface area contributed by atoms with Crippen molar-refractivity contribution in [3.05, 3.63) is 64.4 Å². The molecule has 0 bridgehead atoms. The number of fused-ring (bicyclic) bond motifs is 1. The van der Waals surface area contributed by atoms with E-state index in [0.29, 0.717) is 6.42 Å². The molecule has 3 aromatic rings. The molecule has 2 aromatic carbocycles. The molecule has 0 saturated carbocycles. The Kier molecular flexibility index (Phi) is 3.70. The summed E-state index contributed by atoms with van der Waals surface area (Å²) >= 11 is 6.18. The lowest BCUT2D eigenvalue weighted by molar-refractivity contribution is 0.662. The molecule has 1 aromatic heterocycles. The molecular weight excluding hydrogens is 282 g/mol. The molecule has 0 spiro atoms. The number of aromatic nitrogens is 2. The van der Waals surface area contributed by atoms with Crippen LogP contribution in [0, 0.1) is 6.92 Å². The van der Waals surface area contributed by atoms with E-state index in [-0.39, 0.29) is 6.04 Å². The molecule has 4 heteroatoms. The Morgan fingerprint density at radius 1 is 1.19 bits per heavy atom. The van der Waals surface area contributed by atoms with Crippen LogP contribution >= 0.6 is 11.6 Å². The van der Waals surface area contributed by atoms with Crippen molar-refractivity contribution >= 4 is 22.6 Å². The molecule has 21 heavy (non-hydrogen) atoms. The highest BCUT2D eigenvalue weighted by molar-refractivity contribution is 6.31. The third-order valence-corrected chi connectivity index (χ3v) is 4.40. The van der Waals surface area contributed by atoms with Crippen molar-refractivity contribution in [2.75, 3.05) is 0 Å². The van der Waals surface area contributed by atoms with Gasteiger partial charge in [-0.3, -0.25) is 0 Å². The number of imidazole rings is 1. The van der Waals surface area contributed by atoms with E-state index in [1.807, 2.05) is 50.4 Å². The summed E-state index contributed by atoms with van der Waals surface area (Å²) in [6.45, 7) is 2.01. The molecule has 0 fully saturated rings. The van der Waals surface area contributed by atoms with E-state index >= 15 is 0 Å². The minimum absolute atomic E-state index is 0.112. The Hall–Kier alpha value is -1.84. The largest absolute Gasteiger partial charge is 0.331 e. The van der Waals surface area contributed by atoms with Gasteiger partial charge in [-0.25, -0.2) is 4.98 Å². The summed E-state index contributed by atoms with van der Waals surface area (Å²) in [5.41, 5.74) is 10.6. The van der Waals surface area contributed by atoms with E-state index in [4.69, 9.17) is 17.3 Å². The van der Waals surface area contributed by atoms with Gasteiger partial charge in [0.25, 0.3) is 0 Å². The number of nitrogens with two attached hydrogens (primary N) is 1. The molecule has 0 amide bonds. The summed E-state index contributed by atoms with van der Waals surface area (Å²) in [6, 6.07) is 13.9. The molecule has 1 unspecified atom stereocenters. The first-order valence-corrected chi connectivity index (χ1v) is 7.36. The summed E-state index contributed by atoms with van der Waals surface area (Å²) in [5, 5.41) is 0.757. The van der Waals surface area contributed by atoms with Gasteiger partial charge in [0.05, 0.1) is 11.0 Å². The van der Waals surface area contributed by atoms with E-state index in [1.165, 1.54) is 0 Å². The maximum atomic E-state index is 6.38. The molecule has 0 saturated heterocycles. The lowest BCUT2D eigenvalue weighted by Crippen LogP contribution is -2.17. The van der Waals surface area contributed by atoms with E-state index in [0.717, 1.165) is 33.0 Å². The zero-order valence-electron chi connectivity index (χ0n) is 12.2. The average molecular weight is 300 g/mol. The second-order valence-electron chi connectivity index (χ2n) is 5.34. The first-order valence-electron chi connectivity index (χ1n) is 6.99. The highest BCUT2D eigenvalue weighted by atomic mass is 35.5. The van der Waals surface area contributed by atoms with Crippen molar-refractivity contribution in [3.8, 4) is 0 Å². The fourth-order valence-electron chi connectivity index (χ4n) is 2.71. The molecule has 2 N–H and O–H groups in total. The number of nitrogens with zero attached hydrogens (tertiary/aromatic N) is 2. The predicted octanol–water partition coefficient (Wildman–Crippen LogP) is 3.78. The Balaban J connectivity index is 1.94. The normalized spacial score (nSPS) is 12.8. The van der Waals surface area contributed by atoms with Gasteiger partial charge >= 0.3 is 0 Å². The van der Waals surface area contributed by atoms with Crippen LogP contribution in [0.1, 0.15) is 23.0 Å². The molecule has 0 aliphatic rings. The molecule has 3 rings (SSSR count). The molecule has 0 aliphatic heterocycles. The van der Waals surface area contributed by atoms with Crippen LogP contribution in [0.4, 0.5) is 0 Å². The highest BCUT2D eigenvalue weighted by Crippen LogP contribution is 2.25. The van der Waals surface area contributed by atoms with Crippen molar-refractivity contribution in [1.29, 1.82) is 0 Å². The lowest BCUT2D eigenvalue weighted by atomic mass is 9.99. The van der Waals surface area contributed by atoms with Crippen LogP contribution in [-0.4, -0.2) is 9.55 Å². The molecule has 0 radical (unpaired) electrons. The van der Waals surface area contributed by atoms with Crippen molar-refractivity contribution in [1.82, 2.24) is 9.55 Å². The van der Waals surface area contributed by atoms with E-state index in [1.54, 1.807) is 0 Å². The van der Waals surface area contributed by atoms with Crippen LogP contribution in [0.25, 0.3) is 11.0 Å². The van der Waals surface area contributed by atoms with Crippen LogP contribution in [0.5, 0.6) is 0 Å². The SMILES string of the molecule is Cc1c(Cl)cccc1C(N)Cc1nc2ccccc2n1C. The smallest absolute Gasteiger partial charge is 0.111 e. The zero-order valence-corrected chi connectivity index (χ0v) is 12.9. The van der Waals surface area contributed by atoms with Gasteiger partial charge < -0.3 is 10.3 Å². The predicted molar refractivity (Wildman–Crippen MR) is 87.5 cm³/mol. The quantitative estimate of drug-likeness (QED) is 0.800. The second-order valence-corrected chi connectivity index (χ2v) is 5.75. The van der Waals surface area contributed by atoms with Crippen LogP contribution in [-0.2, 0) is 13.5 Å². The third-order valence-electron chi connectivity index (χ3n) is 3.99. The fraction of sp³-hybridized carbons (Fsp3) is 0.235. The summed E-state index contributed by atoms with van der Waals surface area (Å²) in [6.07, 6.45) is 0.687. The number of rotatable bonds is 3. The van der Waals surface area contributed by atoms with E-state index < -0.39 is 0 Å². The molecule has 108 valence electrons. The van der Waals surface area contributed by atoms with Gasteiger partial charge in [0.15, 0.2) is 0 Å². The Labute approximate surface area is 129 Å². The van der Waals surface area contributed by atoms with Gasteiger partial charge in [-0.2, -0.15) is 0 Å². The van der Waals surface area contributed by atoms with Gasteiger partial charge in [-0.05, 0) is 36.2 Å². The zero-order chi connectivity index (χ0) is 15.0. The minimum Gasteiger partial charge on any atom is -0.331 e. The topological polar surface area (TPSA) is 43.8 Å². The van der Waals surface area contributed by atoms with Crippen molar-refractivity contribution in [3.63, 3.8) is 0 Å². The summed E-state index contributed by atoms with van der Waals surface area (Å²) < 4.78 is 2.11. The van der Waals surface area contributed by atoms with Crippen LogP contribution in [0.15, 0.2) is 42.5 Å². The van der Waals surface area contributed by atoms with Gasteiger partial charge in [-0.15, -0.1) is 0 Å². The summed E-state index contributed by atoms with van der Waals surface area (Å²) in [5.74, 6) is 0.989. The van der Waals surface area contributed by atoms with Crippen molar-refractivity contribution in [2.24, 2.45) is 12.8 Å². The Morgan fingerprint density at radius 3 is 2.71 bits per heavy atom. The number of para-hydroxylation sites is 2. The molecule has 1 atom stereocenters. The van der Waals surface area contributed by atoms with E-state index in [9.17, 15) is 0 Å². The summed E-state index contributed by atoms with van der Waals surface area (Å²) in [4.78, 5) is 4.68. The van der Waals surface area contributed by atoms with Gasteiger partial charge in [0.1, 0.15) is 5.82 Å². The number of hydrogen-bond donors (Lipinski definition) is 1. The van der Waals surface area contributed by atoms with Crippen LogP contribution in [0.2, 0.25) is 5.02 Å². The molecule has 0 aliphatic carbocycles. The van der Waals surface area contributed by atoms with Gasteiger partial charge in [0, 0.05) is 24.5 Å². The molecule has 1 heterocycles. The maximum absolute atomic E-state index is 6.38. The maximum Gasteiger partial charge on any atom is 0.111 e. The first kappa shape index (κ1) is 14.1. The minimum atomic E-state index is -0.112. The van der Waals surface area contributed by atoms with E-state index in [2.05, 4.69) is 15.6 Å². The number of benzene rings is 2. The first-order chi connectivity index (χ1) is 10.1.